The van der Waals surface area contributed by atoms with Gasteiger partial charge in [0.1, 0.15) is 0 Å². The summed E-state index contributed by atoms with van der Waals surface area (Å²) < 4.78 is 35.0. The maximum absolute atomic E-state index is 11.7. The predicted molar refractivity (Wildman–Crippen MR) is 50.2 cm³/mol. The molecule has 0 spiro atoms. The van der Waals surface area contributed by atoms with Crippen LogP contribution in [0, 0.1) is 0 Å². The van der Waals surface area contributed by atoms with E-state index in [2.05, 4.69) is 5.32 Å². The lowest BCUT2D eigenvalue weighted by Gasteiger charge is -2.09. The summed E-state index contributed by atoms with van der Waals surface area (Å²) in [5.74, 6) is -2.12. The van der Waals surface area contributed by atoms with Crippen molar-refractivity contribution in [2.24, 2.45) is 0 Å². The minimum absolute atomic E-state index is 0.125. The van der Waals surface area contributed by atoms with Gasteiger partial charge in [0.25, 0.3) is 0 Å². The Hall–Kier alpha value is -1.35. The van der Waals surface area contributed by atoms with Gasteiger partial charge < -0.3 is 20.8 Å². The lowest BCUT2D eigenvalue weighted by Crippen LogP contribution is -2.39. The van der Waals surface area contributed by atoms with Gasteiger partial charge in [-0.05, 0) is 0 Å². The van der Waals surface area contributed by atoms with E-state index in [1.54, 1.807) is 0 Å². The minimum atomic E-state index is -4.39. The molecule has 0 aliphatic heterocycles. The van der Waals surface area contributed by atoms with Gasteiger partial charge in [-0.3, -0.25) is 4.79 Å². The number of carboxylic acid groups (broad SMARTS) is 1. The number of carbonyl (C=O) groups excluding carboxylic acids is 1. The van der Waals surface area contributed by atoms with Gasteiger partial charge in [0.05, 0.1) is 13.1 Å². The summed E-state index contributed by atoms with van der Waals surface area (Å²) in [5.41, 5.74) is 0. The van der Waals surface area contributed by atoms with Crippen LogP contribution < -0.4 is 10.6 Å². The topological polar surface area (TPSA) is 98.7 Å². The maximum atomic E-state index is 11.7. The van der Waals surface area contributed by atoms with Crippen LogP contribution in [-0.2, 0) is 9.59 Å². The molecule has 1 atom stereocenters. The number of rotatable bonds is 7. The van der Waals surface area contributed by atoms with E-state index in [-0.39, 0.29) is 13.0 Å². The highest BCUT2D eigenvalue weighted by Gasteiger charge is 2.26. The number of nitrogens with one attached hydrogen (secondary N) is 2. The van der Waals surface area contributed by atoms with Crippen molar-refractivity contribution in [1.82, 2.24) is 10.6 Å². The van der Waals surface area contributed by atoms with Crippen molar-refractivity contribution in [2.75, 3.05) is 19.6 Å². The van der Waals surface area contributed by atoms with Crippen LogP contribution >= 0.6 is 0 Å². The summed E-state index contributed by atoms with van der Waals surface area (Å²) >= 11 is 0. The zero-order valence-electron chi connectivity index (χ0n) is 8.75. The molecule has 0 aliphatic carbocycles. The predicted octanol–water partition coefficient (Wildman–Crippen LogP) is -0.910. The lowest BCUT2D eigenvalue weighted by molar-refractivity contribution is -0.147. The fourth-order valence-corrected chi connectivity index (χ4v) is 0.852. The highest BCUT2D eigenvalue weighted by Crippen LogP contribution is 2.11. The van der Waals surface area contributed by atoms with E-state index in [0.717, 1.165) is 0 Å². The summed E-state index contributed by atoms with van der Waals surface area (Å²) in [7, 11) is 0. The standard InChI is InChI=1S/C8H13F3N2O4/c9-8(10,11)4-12-3-6(15)13-2-1-5(14)7(16)17/h5,12,14H,1-4H2,(H,13,15)(H,16,17). The van der Waals surface area contributed by atoms with Crippen molar-refractivity contribution >= 4 is 11.9 Å². The Morgan fingerprint density at radius 3 is 2.35 bits per heavy atom. The molecule has 100 valence electrons. The smallest absolute Gasteiger partial charge is 0.401 e. The molecule has 9 heteroatoms. The first-order chi connectivity index (χ1) is 7.72. The van der Waals surface area contributed by atoms with Crippen molar-refractivity contribution in [3.63, 3.8) is 0 Å². The molecule has 0 heterocycles. The van der Waals surface area contributed by atoms with Crippen molar-refractivity contribution in [3.05, 3.63) is 0 Å². The van der Waals surface area contributed by atoms with Gasteiger partial charge in [-0.1, -0.05) is 0 Å². The molecular weight excluding hydrogens is 245 g/mol. The van der Waals surface area contributed by atoms with Crippen LogP contribution in [0.1, 0.15) is 6.42 Å². The molecule has 0 aliphatic rings. The lowest BCUT2D eigenvalue weighted by atomic mass is 10.2. The summed E-state index contributed by atoms with van der Waals surface area (Å²) in [6.45, 7) is -1.93. The van der Waals surface area contributed by atoms with Gasteiger partial charge in [0.2, 0.25) is 5.91 Å². The molecule has 0 fully saturated rings. The molecule has 17 heavy (non-hydrogen) atoms. The third-order valence-electron chi connectivity index (χ3n) is 1.64. The van der Waals surface area contributed by atoms with Gasteiger partial charge in [0.15, 0.2) is 6.10 Å². The molecule has 0 rings (SSSR count). The average Bonchev–Trinajstić information content (AvgIpc) is 2.15. The minimum Gasteiger partial charge on any atom is -0.479 e. The van der Waals surface area contributed by atoms with E-state index in [1.807, 2.05) is 5.32 Å². The van der Waals surface area contributed by atoms with Crippen molar-refractivity contribution in [3.8, 4) is 0 Å². The summed E-state index contributed by atoms with van der Waals surface area (Å²) in [6.07, 6.45) is -6.20. The average molecular weight is 258 g/mol. The number of carbonyl (C=O) groups is 2. The zero-order chi connectivity index (χ0) is 13.5. The van der Waals surface area contributed by atoms with Gasteiger partial charge in [-0.25, -0.2) is 4.79 Å². The summed E-state index contributed by atoms with van der Waals surface area (Å²) in [5, 5.41) is 21.1. The van der Waals surface area contributed by atoms with Gasteiger partial charge in [0, 0.05) is 13.0 Å². The molecule has 0 aromatic rings. The molecule has 4 N–H and O–H groups in total. The van der Waals surface area contributed by atoms with E-state index >= 15 is 0 Å². The van der Waals surface area contributed by atoms with E-state index < -0.39 is 37.2 Å². The third kappa shape index (κ3) is 9.57. The molecule has 0 saturated heterocycles. The van der Waals surface area contributed by atoms with Crippen LogP contribution in [0.5, 0.6) is 0 Å². The van der Waals surface area contributed by atoms with Gasteiger partial charge in [-0.2, -0.15) is 13.2 Å². The normalized spacial score (nSPS) is 13.2. The molecule has 0 bridgehead atoms. The highest BCUT2D eigenvalue weighted by atomic mass is 19.4. The molecule has 0 radical (unpaired) electrons. The second-order valence-electron chi connectivity index (χ2n) is 3.21. The number of aliphatic hydroxyl groups excluding tert-OH is 1. The number of hydrogen-bond acceptors (Lipinski definition) is 4. The molecule has 0 saturated carbocycles. The second-order valence-corrected chi connectivity index (χ2v) is 3.21. The van der Waals surface area contributed by atoms with Crippen LogP contribution in [0.15, 0.2) is 0 Å². The number of aliphatic hydroxyl groups is 1. The Kier molecular flexibility index (Phi) is 6.51. The van der Waals surface area contributed by atoms with Gasteiger partial charge >= 0.3 is 12.1 Å². The molecular formula is C8H13F3N2O4. The third-order valence-corrected chi connectivity index (χ3v) is 1.64. The maximum Gasteiger partial charge on any atom is 0.401 e. The summed E-state index contributed by atoms with van der Waals surface area (Å²) in [6, 6.07) is 0. The van der Waals surface area contributed by atoms with Crippen molar-refractivity contribution in [1.29, 1.82) is 0 Å². The van der Waals surface area contributed by atoms with Gasteiger partial charge in [-0.15, -0.1) is 0 Å². The molecule has 6 nitrogen and oxygen atoms in total. The number of amides is 1. The quantitative estimate of drug-likeness (QED) is 0.474. The monoisotopic (exact) mass is 258 g/mol. The van der Waals surface area contributed by atoms with Crippen LogP contribution in [0.3, 0.4) is 0 Å². The first-order valence-corrected chi connectivity index (χ1v) is 4.67. The van der Waals surface area contributed by atoms with E-state index in [0.29, 0.717) is 0 Å². The Labute approximate surface area is 94.8 Å². The number of alkyl halides is 3. The first-order valence-electron chi connectivity index (χ1n) is 4.67. The highest BCUT2D eigenvalue weighted by molar-refractivity contribution is 5.78. The zero-order valence-corrected chi connectivity index (χ0v) is 8.75. The Balaban J connectivity index is 3.57. The molecule has 0 aromatic carbocycles. The number of hydrogen-bond donors (Lipinski definition) is 4. The molecule has 0 aromatic heterocycles. The Bertz CT molecular complexity index is 270. The Morgan fingerprint density at radius 1 is 1.29 bits per heavy atom. The summed E-state index contributed by atoms with van der Waals surface area (Å²) in [4.78, 5) is 21.1. The first kappa shape index (κ1) is 15.7. The van der Waals surface area contributed by atoms with E-state index in [9.17, 15) is 22.8 Å². The SMILES string of the molecule is O=C(CNCC(F)(F)F)NCCC(O)C(=O)O. The largest absolute Gasteiger partial charge is 0.479 e. The number of aliphatic carboxylic acids is 1. The van der Waals surface area contributed by atoms with Crippen LogP contribution in [0.25, 0.3) is 0 Å². The molecule has 1 amide bonds. The van der Waals surface area contributed by atoms with Crippen molar-refractivity contribution in [2.45, 2.75) is 18.7 Å². The van der Waals surface area contributed by atoms with Crippen LogP contribution in [0.2, 0.25) is 0 Å². The van der Waals surface area contributed by atoms with E-state index in [4.69, 9.17) is 10.2 Å². The Morgan fingerprint density at radius 2 is 1.88 bits per heavy atom. The van der Waals surface area contributed by atoms with Crippen molar-refractivity contribution < 1.29 is 33.0 Å². The number of halogens is 3. The van der Waals surface area contributed by atoms with E-state index in [1.165, 1.54) is 0 Å². The van der Waals surface area contributed by atoms with Crippen LogP contribution in [-0.4, -0.2) is 54.0 Å². The fraction of sp³-hybridized carbons (Fsp3) is 0.750. The van der Waals surface area contributed by atoms with Crippen LogP contribution in [0.4, 0.5) is 13.2 Å². The fourth-order valence-electron chi connectivity index (χ4n) is 0.852. The molecule has 1 unspecified atom stereocenters. The number of carboxylic acids is 1. The second kappa shape index (κ2) is 7.07.